The molecule has 0 saturated heterocycles. The maximum atomic E-state index is 11.7. The van der Waals surface area contributed by atoms with Crippen LogP contribution in [0, 0.1) is 0 Å². The van der Waals surface area contributed by atoms with Crippen molar-refractivity contribution in [2.75, 3.05) is 0 Å². The van der Waals surface area contributed by atoms with E-state index in [0.29, 0.717) is 0 Å². The summed E-state index contributed by atoms with van der Waals surface area (Å²) in [5.41, 5.74) is 0. The minimum absolute atomic E-state index is 0.0470. The summed E-state index contributed by atoms with van der Waals surface area (Å²) < 4.78 is 38.8. The molecule has 0 aliphatic heterocycles. The smallest absolute Gasteiger partial charge is 0.403 e. The van der Waals surface area contributed by atoms with Crippen molar-refractivity contribution in [3.63, 3.8) is 0 Å². The van der Waals surface area contributed by atoms with Crippen LogP contribution in [0.3, 0.4) is 0 Å². The molecule has 1 heterocycles. The van der Waals surface area contributed by atoms with Crippen molar-refractivity contribution in [3.05, 3.63) is 21.9 Å². The number of alkyl halides is 3. The largest absolute Gasteiger partial charge is 0.573 e. The second-order valence-electron chi connectivity index (χ2n) is 1.99. The molecule has 1 rings (SSSR count). The van der Waals surface area contributed by atoms with Crippen LogP contribution in [0.15, 0.2) is 16.9 Å². The fraction of sp³-hybridized carbons (Fsp3) is 0.167. The third-order valence-corrected chi connectivity index (χ3v) is 1.80. The van der Waals surface area contributed by atoms with Crippen LogP contribution < -0.4 is 4.74 Å². The summed E-state index contributed by atoms with van der Waals surface area (Å²) in [5, 5.41) is 0.0717. The summed E-state index contributed by atoms with van der Waals surface area (Å²) in [6, 6.07) is 1.02. The fourth-order valence-electron chi connectivity index (χ4n) is 0.600. The Bertz CT molecular complexity index is 317. The Morgan fingerprint density at radius 3 is 2.62 bits per heavy atom. The molecule has 1 aromatic rings. The SMILES string of the molecule is FC(F)(F)Oc1cc(Cl)cnc1Br. The second kappa shape index (κ2) is 3.71. The molecule has 0 atom stereocenters. The molecule has 13 heavy (non-hydrogen) atoms. The molecule has 0 fully saturated rings. The molecule has 0 unspecified atom stereocenters. The van der Waals surface area contributed by atoms with Crippen LogP contribution >= 0.6 is 27.5 Å². The van der Waals surface area contributed by atoms with Gasteiger partial charge in [0.25, 0.3) is 0 Å². The van der Waals surface area contributed by atoms with E-state index >= 15 is 0 Å². The zero-order chi connectivity index (χ0) is 10.1. The highest BCUT2D eigenvalue weighted by Gasteiger charge is 2.32. The van der Waals surface area contributed by atoms with Crippen LogP contribution in [0.5, 0.6) is 5.75 Å². The van der Waals surface area contributed by atoms with Gasteiger partial charge in [-0.15, -0.1) is 13.2 Å². The van der Waals surface area contributed by atoms with E-state index in [1.165, 1.54) is 6.20 Å². The highest BCUT2D eigenvalue weighted by Crippen LogP contribution is 2.30. The number of halogens is 5. The number of pyridine rings is 1. The first-order chi connectivity index (χ1) is 5.88. The molecule has 0 aliphatic carbocycles. The van der Waals surface area contributed by atoms with Crippen LogP contribution in [0.2, 0.25) is 5.02 Å². The first-order valence-corrected chi connectivity index (χ1v) is 4.12. The Morgan fingerprint density at radius 2 is 2.08 bits per heavy atom. The molecule has 1 aromatic heterocycles. The lowest BCUT2D eigenvalue weighted by Crippen LogP contribution is -2.17. The van der Waals surface area contributed by atoms with Crippen molar-refractivity contribution >= 4 is 27.5 Å². The Kier molecular flexibility index (Phi) is 3.02. The number of hydrogen-bond donors (Lipinski definition) is 0. The van der Waals surface area contributed by atoms with Gasteiger partial charge in [0.1, 0.15) is 4.60 Å². The Balaban J connectivity index is 2.94. The lowest BCUT2D eigenvalue weighted by Gasteiger charge is -2.09. The van der Waals surface area contributed by atoms with E-state index in [-0.39, 0.29) is 9.63 Å². The van der Waals surface area contributed by atoms with Crippen molar-refractivity contribution in [1.82, 2.24) is 4.98 Å². The molecule has 2 nitrogen and oxygen atoms in total. The van der Waals surface area contributed by atoms with Crippen LogP contribution in [0.1, 0.15) is 0 Å². The lowest BCUT2D eigenvalue weighted by atomic mass is 10.5. The molecule has 7 heteroatoms. The molecule has 72 valence electrons. The van der Waals surface area contributed by atoms with Gasteiger partial charge in [0.15, 0.2) is 5.75 Å². The van der Waals surface area contributed by atoms with Crippen molar-refractivity contribution in [3.8, 4) is 5.75 Å². The predicted molar refractivity (Wildman–Crippen MR) is 43.6 cm³/mol. The molecular weight excluding hydrogens is 274 g/mol. The highest BCUT2D eigenvalue weighted by molar-refractivity contribution is 9.10. The first kappa shape index (κ1) is 10.6. The molecule has 0 amide bonds. The average Bonchev–Trinajstić information content (AvgIpc) is 1.94. The number of aromatic nitrogens is 1. The van der Waals surface area contributed by atoms with Gasteiger partial charge in [0, 0.05) is 12.3 Å². The maximum absolute atomic E-state index is 11.7. The van der Waals surface area contributed by atoms with E-state index in [1.54, 1.807) is 0 Å². The van der Waals surface area contributed by atoms with Gasteiger partial charge in [0.05, 0.1) is 5.02 Å². The summed E-state index contributed by atoms with van der Waals surface area (Å²) in [5.74, 6) is -0.458. The van der Waals surface area contributed by atoms with Gasteiger partial charge in [-0.2, -0.15) is 0 Å². The molecule has 0 aromatic carbocycles. The predicted octanol–water partition coefficient (Wildman–Crippen LogP) is 3.40. The monoisotopic (exact) mass is 275 g/mol. The lowest BCUT2D eigenvalue weighted by molar-refractivity contribution is -0.275. The summed E-state index contributed by atoms with van der Waals surface area (Å²) in [7, 11) is 0. The fourth-order valence-corrected chi connectivity index (χ4v) is 1.05. The van der Waals surface area contributed by atoms with E-state index in [0.717, 1.165) is 6.07 Å². The normalized spacial score (nSPS) is 11.5. The number of ether oxygens (including phenoxy) is 1. The molecule has 0 aliphatic rings. The quantitative estimate of drug-likeness (QED) is 0.734. The third-order valence-electron chi connectivity index (χ3n) is 0.999. The van der Waals surface area contributed by atoms with Crippen LogP contribution in [-0.2, 0) is 0 Å². The summed E-state index contributed by atoms with van der Waals surface area (Å²) in [6.07, 6.45) is -3.54. The van der Waals surface area contributed by atoms with Gasteiger partial charge >= 0.3 is 6.36 Å². The number of nitrogens with zero attached hydrogens (tertiary/aromatic N) is 1. The van der Waals surface area contributed by atoms with Crippen molar-refractivity contribution < 1.29 is 17.9 Å². The Morgan fingerprint density at radius 1 is 1.46 bits per heavy atom. The zero-order valence-electron chi connectivity index (χ0n) is 5.90. The van der Waals surface area contributed by atoms with E-state index in [4.69, 9.17) is 11.6 Å². The van der Waals surface area contributed by atoms with Gasteiger partial charge in [-0.05, 0) is 15.9 Å². The van der Waals surface area contributed by atoms with Crippen LogP contribution in [-0.4, -0.2) is 11.3 Å². The molecule has 0 saturated carbocycles. The van der Waals surface area contributed by atoms with E-state index in [9.17, 15) is 13.2 Å². The third kappa shape index (κ3) is 3.40. The molecule has 0 bridgehead atoms. The molecule has 0 spiro atoms. The summed E-state index contributed by atoms with van der Waals surface area (Å²) >= 11 is 8.20. The van der Waals surface area contributed by atoms with Gasteiger partial charge < -0.3 is 4.74 Å². The Labute approximate surface area is 84.8 Å². The summed E-state index contributed by atoms with van der Waals surface area (Å²) in [6.45, 7) is 0. The van der Waals surface area contributed by atoms with Gasteiger partial charge in [-0.3, -0.25) is 0 Å². The minimum Gasteiger partial charge on any atom is -0.403 e. The van der Waals surface area contributed by atoms with E-state index < -0.39 is 12.1 Å². The van der Waals surface area contributed by atoms with Crippen LogP contribution in [0.4, 0.5) is 13.2 Å². The van der Waals surface area contributed by atoms with Gasteiger partial charge in [-0.25, -0.2) is 4.98 Å². The first-order valence-electron chi connectivity index (χ1n) is 2.95. The number of rotatable bonds is 1. The molecule has 0 N–H and O–H groups in total. The molecule has 0 radical (unpaired) electrons. The van der Waals surface area contributed by atoms with Gasteiger partial charge in [-0.1, -0.05) is 11.6 Å². The molecular formula is C6H2BrClF3NO. The topological polar surface area (TPSA) is 22.1 Å². The number of hydrogen-bond acceptors (Lipinski definition) is 2. The van der Waals surface area contributed by atoms with Crippen molar-refractivity contribution in [1.29, 1.82) is 0 Å². The highest BCUT2D eigenvalue weighted by atomic mass is 79.9. The minimum atomic E-state index is -4.74. The summed E-state index contributed by atoms with van der Waals surface area (Å²) in [4.78, 5) is 3.52. The average molecular weight is 276 g/mol. The second-order valence-corrected chi connectivity index (χ2v) is 3.18. The van der Waals surface area contributed by atoms with Crippen LogP contribution in [0.25, 0.3) is 0 Å². The Hall–Kier alpha value is -0.490. The van der Waals surface area contributed by atoms with E-state index in [2.05, 4.69) is 25.7 Å². The maximum Gasteiger partial charge on any atom is 0.573 e. The van der Waals surface area contributed by atoms with E-state index in [1.807, 2.05) is 0 Å². The van der Waals surface area contributed by atoms with Crippen molar-refractivity contribution in [2.45, 2.75) is 6.36 Å². The van der Waals surface area contributed by atoms with Crippen molar-refractivity contribution in [2.24, 2.45) is 0 Å². The van der Waals surface area contributed by atoms with Gasteiger partial charge in [0.2, 0.25) is 0 Å². The standard InChI is InChI=1S/C6H2BrClF3NO/c7-5-4(13-6(9,10)11)1-3(8)2-12-5/h1-2H. The zero-order valence-corrected chi connectivity index (χ0v) is 8.24.